The molecule has 1 aliphatic heterocycles. The summed E-state index contributed by atoms with van der Waals surface area (Å²) in [5.74, 6) is 0. The molecule has 0 amide bonds. The minimum absolute atomic E-state index is 0.505. The van der Waals surface area contributed by atoms with Gasteiger partial charge in [-0.1, -0.05) is 0 Å². The summed E-state index contributed by atoms with van der Waals surface area (Å²) >= 11 is 0. The fourth-order valence-corrected chi connectivity index (χ4v) is 0.526. The largest absolute Gasteiger partial charge is 0.514 e. The summed E-state index contributed by atoms with van der Waals surface area (Å²) in [4.78, 5) is 10.4. The minimum Gasteiger partial charge on any atom is -0.424 e. The Morgan fingerprint density at radius 3 is 2.56 bits per heavy atom. The molecule has 9 heavy (non-hydrogen) atoms. The number of hydrogen-bond donors (Lipinski definition) is 0. The highest BCUT2D eigenvalue weighted by Crippen LogP contribution is 2.15. The molecule has 3 heteroatoms. The van der Waals surface area contributed by atoms with Gasteiger partial charge in [-0.3, -0.25) is 0 Å². The molecule has 0 unspecified atom stereocenters. The summed E-state index contributed by atoms with van der Waals surface area (Å²) in [7, 11) is 0. The van der Waals surface area contributed by atoms with E-state index >= 15 is 0 Å². The van der Waals surface area contributed by atoms with Gasteiger partial charge in [0.05, 0.1) is 6.26 Å². The molecule has 3 nitrogen and oxygen atoms in total. The third kappa shape index (κ3) is 1.45. The van der Waals surface area contributed by atoms with Gasteiger partial charge in [0, 0.05) is 0 Å². The fraction of sp³-hybridized carbons (Fsp3) is 0.500. The first-order valence-corrected chi connectivity index (χ1v) is 2.67. The normalized spacial score (nSPS) is 22.7. The zero-order chi connectivity index (χ0) is 6.91. The Bertz CT molecular complexity index is 158. The molecule has 0 aliphatic carbocycles. The number of cyclic esters (lactones) is 2. The Labute approximate surface area is 53.3 Å². The molecule has 0 spiro atoms. The maximum absolute atomic E-state index is 10.4. The van der Waals surface area contributed by atoms with Crippen LogP contribution in [0.25, 0.3) is 0 Å². The van der Waals surface area contributed by atoms with Crippen molar-refractivity contribution in [2.24, 2.45) is 0 Å². The average Bonchev–Trinajstić information content (AvgIpc) is 1.60. The van der Waals surface area contributed by atoms with E-state index in [2.05, 4.69) is 4.74 Å². The summed E-state index contributed by atoms with van der Waals surface area (Å²) in [5.41, 5.74) is -0.505. The second-order valence-corrected chi connectivity index (χ2v) is 2.38. The van der Waals surface area contributed by atoms with E-state index in [1.165, 1.54) is 6.26 Å². The van der Waals surface area contributed by atoms with Gasteiger partial charge in [0.2, 0.25) is 0 Å². The van der Waals surface area contributed by atoms with Gasteiger partial charge in [0.1, 0.15) is 5.60 Å². The van der Waals surface area contributed by atoms with Crippen molar-refractivity contribution in [1.82, 2.24) is 0 Å². The van der Waals surface area contributed by atoms with Crippen molar-refractivity contribution in [1.29, 1.82) is 0 Å². The minimum atomic E-state index is -0.637. The van der Waals surface area contributed by atoms with Crippen molar-refractivity contribution in [3.8, 4) is 0 Å². The second-order valence-electron chi connectivity index (χ2n) is 2.38. The average molecular weight is 128 g/mol. The molecule has 0 N–H and O–H groups in total. The summed E-state index contributed by atoms with van der Waals surface area (Å²) in [6.45, 7) is 3.56. The molecule has 1 aliphatic rings. The Morgan fingerprint density at radius 2 is 2.22 bits per heavy atom. The van der Waals surface area contributed by atoms with Crippen molar-refractivity contribution in [3.63, 3.8) is 0 Å². The Morgan fingerprint density at radius 1 is 1.56 bits per heavy atom. The van der Waals surface area contributed by atoms with Gasteiger partial charge >= 0.3 is 6.16 Å². The summed E-state index contributed by atoms with van der Waals surface area (Å²) in [5, 5.41) is 0. The van der Waals surface area contributed by atoms with Gasteiger partial charge in [0.25, 0.3) is 0 Å². The molecular formula is C6H8O3. The number of carbonyl (C=O) groups excluding carboxylic acids is 1. The van der Waals surface area contributed by atoms with Crippen LogP contribution < -0.4 is 0 Å². The van der Waals surface area contributed by atoms with Crippen molar-refractivity contribution >= 4 is 6.16 Å². The van der Waals surface area contributed by atoms with E-state index in [9.17, 15) is 4.79 Å². The first kappa shape index (κ1) is 6.13. The van der Waals surface area contributed by atoms with Crippen LogP contribution in [0.15, 0.2) is 12.3 Å². The van der Waals surface area contributed by atoms with E-state index in [4.69, 9.17) is 4.74 Å². The third-order valence-corrected chi connectivity index (χ3v) is 0.980. The van der Waals surface area contributed by atoms with Gasteiger partial charge in [0.15, 0.2) is 0 Å². The molecule has 0 aromatic heterocycles. The van der Waals surface area contributed by atoms with Crippen LogP contribution in [0, 0.1) is 0 Å². The van der Waals surface area contributed by atoms with Crippen LogP contribution >= 0.6 is 0 Å². The molecule has 0 aromatic carbocycles. The van der Waals surface area contributed by atoms with Gasteiger partial charge in [-0.15, -0.1) is 0 Å². The zero-order valence-electron chi connectivity index (χ0n) is 5.38. The molecular weight excluding hydrogens is 120 g/mol. The molecule has 0 fully saturated rings. The topological polar surface area (TPSA) is 35.5 Å². The maximum Gasteiger partial charge on any atom is 0.514 e. The number of ether oxygens (including phenoxy) is 2. The van der Waals surface area contributed by atoms with E-state index in [0.717, 1.165) is 0 Å². The second kappa shape index (κ2) is 1.76. The summed E-state index contributed by atoms with van der Waals surface area (Å²) in [6.07, 6.45) is 2.38. The lowest BCUT2D eigenvalue weighted by molar-refractivity contribution is 0.0107. The SMILES string of the molecule is CC1(C)C=COC(=O)O1. The van der Waals surface area contributed by atoms with Gasteiger partial charge in [-0.2, -0.15) is 0 Å². The van der Waals surface area contributed by atoms with Crippen molar-refractivity contribution < 1.29 is 14.3 Å². The van der Waals surface area contributed by atoms with Crippen LogP contribution in [0.3, 0.4) is 0 Å². The van der Waals surface area contributed by atoms with E-state index in [-0.39, 0.29) is 0 Å². The first-order chi connectivity index (χ1) is 4.10. The monoisotopic (exact) mass is 128 g/mol. The van der Waals surface area contributed by atoms with Crippen LogP contribution in [-0.4, -0.2) is 11.8 Å². The van der Waals surface area contributed by atoms with Gasteiger partial charge in [-0.25, -0.2) is 4.79 Å². The quantitative estimate of drug-likeness (QED) is 0.463. The number of carbonyl (C=O) groups is 1. The lowest BCUT2D eigenvalue weighted by Crippen LogP contribution is -2.28. The smallest absolute Gasteiger partial charge is 0.424 e. The molecule has 0 bridgehead atoms. The molecule has 1 heterocycles. The predicted octanol–water partition coefficient (Wildman–Crippen LogP) is 1.45. The summed E-state index contributed by atoms with van der Waals surface area (Å²) < 4.78 is 9.10. The molecule has 50 valence electrons. The molecule has 0 atom stereocenters. The standard InChI is InChI=1S/C6H8O3/c1-6(2)3-4-8-5(7)9-6/h3-4H,1-2H3. The molecule has 0 saturated heterocycles. The Kier molecular flexibility index (Phi) is 1.20. The fourth-order valence-electron chi connectivity index (χ4n) is 0.526. The van der Waals surface area contributed by atoms with Gasteiger partial charge in [-0.05, 0) is 19.9 Å². The van der Waals surface area contributed by atoms with E-state index in [1.54, 1.807) is 19.9 Å². The van der Waals surface area contributed by atoms with Gasteiger partial charge < -0.3 is 9.47 Å². The van der Waals surface area contributed by atoms with Crippen molar-refractivity contribution in [2.75, 3.05) is 0 Å². The van der Waals surface area contributed by atoms with E-state index in [0.29, 0.717) is 0 Å². The highest BCUT2D eigenvalue weighted by atomic mass is 16.7. The summed E-state index contributed by atoms with van der Waals surface area (Å²) in [6, 6.07) is 0. The van der Waals surface area contributed by atoms with Crippen LogP contribution in [0.5, 0.6) is 0 Å². The third-order valence-electron chi connectivity index (χ3n) is 0.980. The lowest BCUT2D eigenvalue weighted by atomic mass is 10.1. The maximum atomic E-state index is 10.4. The Hall–Kier alpha value is -0.990. The number of hydrogen-bond acceptors (Lipinski definition) is 3. The van der Waals surface area contributed by atoms with E-state index in [1.807, 2.05) is 0 Å². The zero-order valence-corrected chi connectivity index (χ0v) is 5.38. The number of rotatable bonds is 0. The Balaban J connectivity index is 2.71. The highest BCUT2D eigenvalue weighted by molar-refractivity contribution is 5.62. The van der Waals surface area contributed by atoms with Crippen LogP contribution in [0.2, 0.25) is 0 Å². The van der Waals surface area contributed by atoms with Crippen molar-refractivity contribution in [3.05, 3.63) is 12.3 Å². The van der Waals surface area contributed by atoms with Crippen LogP contribution in [0.1, 0.15) is 13.8 Å². The molecule has 0 radical (unpaired) electrons. The van der Waals surface area contributed by atoms with Crippen LogP contribution in [0.4, 0.5) is 4.79 Å². The van der Waals surface area contributed by atoms with E-state index < -0.39 is 11.8 Å². The lowest BCUT2D eigenvalue weighted by Gasteiger charge is -2.22. The van der Waals surface area contributed by atoms with Crippen LogP contribution in [-0.2, 0) is 9.47 Å². The highest BCUT2D eigenvalue weighted by Gasteiger charge is 2.23. The molecule has 1 rings (SSSR count). The molecule has 0 aromatic rings. The van der Waals surface area contributed by atoms with Crippen molar-refractivity contribution in [2.45, 2.75) is 19.4 Å². The molecule has 0 saturated carbocycles. The predicted molar refractivity (Wildman–Crippen MR) is 30.8 cm³/mol. The first-order valence-electron chi connectivity index (χ1n) is 2.67.